The normalized spacial score (nSPS) is 18.7. The zero-order valence-electron chi connectivity index (χ0n) is 49.2. The van der Waals surface area contributed by atoms with Crippen LogP contribution in [0.4, 0.5) is 11.4 Å². The fourth-order valence-corrected chi connectivity index (χ4v) is 10.3. The van der Waals surface area contributed by atoms with E-state index in [1.54, 1.807) is 0 Å². The van der Waals surface area contributed by atoms with Crippen LogP contribution in [0, 0.1) is 28.9 Å². The maximum atomic E-state index is 15.0. The van der Waals surface area contributed by atoms with Crippen molar-refractivity contribution in [2.24, 2.45) is 23.7 Å². The highest BCUT2D eigenvalue weighted by Gasteiger charge is 2.43. The molecule has 0 bridgehead atoms. The summed E-state index contributed by atoms with van der Waals surface area (Å²) in [6, 6.07) is 11.2. The number of nitrogens with zero attached hydrogens (tertiary/aromatic N) is 6. The molecule has 0 aromatic heterocycles. The van der Waals surface area contributed by atoms with Crippen molar-refractivity contribution < 1.29 is 62.0 Å². The number of hydrogen-bond acceptors (Lipinski definition) is 17. The van der Waals surface area contributed by atoms with Crippen LogP contribution < -0.4 is 9.80 Å². The second-order valence-corrected chi connectivity index (χ2v) is 23.3. The van der Waals surface area contributed by atoms with Crippen LogP contribution in [0.5, 0.6) is 0 Å². The average molecular weight is 1120 g/mol. The molecule has 0 unspecified atom stereocenters. The molecule has 2 aromatic rings. The van der Waals surface area contributed by atoms with E-state index in [-0.39, 0.29) is 49.4 Å². The second-order valence-electron chi connectivity index (χ2n) is 23.3. The minimum Gasteiger partial charge on any atom is -0.785 e. The zero-order chi connectivity index (χ0) is 58.4. The second kappa shape index (κ2) is 29.8. The molecule has 2 saturated heterocycles. The number of hydroxylamine groups is 2. The first-order valence-electron chi connectivity index (χ1n) is 28.9. The summed E-state index contributed by atoms with van der Waals surface area (Å²) in [6.45, 7) is 17.7. The zero-order valence-corrected chi connectivity index (χ0v) is 49.2. The molecule has 444 valence electrons. The molecule has 80 heavy (non-hydrogen) atoms. The van der Waals surface area contributed by atoms with Crippen LogP contribution in [0.15, 0.2) is 48.5 Å². The molecule has 2 aromatic carbocycles. The van der Waals surface area contributed by atoms with Crippen LogP contribution in [0.1, 0.15) is 111 Å². The standard InChI is InChI=1S/C60H89N6O14/c1-38(2)32-49(58(71)78-41(6)54(67)61(8)50(35-44-12-13-44)57(70)77-40(5)34-43-16-20-47(21-17-43)65-24-28-75-29-25-65)63(10)56(69)53(37-46-18-22-48(23-19-46)66-26-30-76-31-27-66)80-59(72)51(36-45-14-15-45)62(9)55(68)42(7)79-60(73)52(64(11)74)33-39(3)4/h16-23,38-42,44-45,49-53H,12-15,24-37H2,1-11H3/q-1/t40-,41+,42+,49-,50-,51-,52-,53+/m0/s1. The van der Waals surface area contributed by atoms with Crippen molar-refractivity contribution in [3.63, 3.8) is 0 Å². The predicted molar refractivity (Wildman–Crippen MR) is 301 cm³/mol. The molecule has 8 atom stereocenters. The van der Waals surface area contributed by atoms with Gasteiger partial charge in [0, 0.05) is 71.5 Å². The summed E-state index contributed by atoms with van der Waals surface area (Å²) in [5, 5.41) is 12.8. The van der Waals surface area contributed by atoms with E-state index in [1.807, 2.05) is 71.0 Å². The molecule has 0 spiro atoms. The first kappa shape index (κ1) is 63.4. The Labute approximate surface area is 473 Å². The molecule has 2 saturated carbocycles. The number of ether oxygens (including phenoxy) is 6. The Bertz CT molecular complexity index is 2370. The van der Waals surface area contributed by atoms with E-state index in [1.165, 1.54) is 56.7 Å². The topological polar surface area (TPSA) is 217 Å². The molecule has 2 aliphatic heterocycles. The number of carbonyl (C=O) groups is 7. The monoisotopic (exact) mass is 1120 g/mol. The maximum Gasteiger partial charge on any atom is 0.329 e. The number of anilines is 2. The van der Waals surface area contributed by atoms with Crippen LogP contribution in [0.2, 0.25) is 0 Å². The number of carbonyl (C=O) groups excluding carboxylic acids is 7. The van der Waals surface area contributed by atoms with Crippen molar-refractivity contribution in [2.75, 3.05) is 90.6 Å². The van der Waals surface area contributed by atoms with Crippen LogP contribution in [-0.4, -0.2) is 191 Å². The van der Waals surface area contributed by atoms with Gasteiger partial charge in [-0.1, -0.05) is 77.6 Å². The largest absolute Gasteiger partial charge is 0.785 e. The van der Waals surface area contributed by atoms with Crippen molar-refractivity contribution in [3.8, 4) is 0 Å². The number of hydrogen-bond donors (Lipinski definition) is 0. The molecule has 2 aliphatic carbocycles. The van der Waals surface area contributed by atoms with Crippen molar-refractivity contribution in [1.82, 2.24) is 19.8 Å². The van der Waals surface area contributed by atoms with Gasteiger partial charge in [-0.25, -0.2) is 14.4 Å². The Morgan fingerprint density at radius 1 is 0.500 bits per heavy atom. The Morgan fingerprint density at radius 2 is 0.863 bits per heavy atom. The fourth-order valence-electron chi connectivity index (χ4n) is 10.3. The van der Waals surface area contributed by atoms with Crippen molar-refractivity contribution in [3.05, 3.63) is 64.9 Å². The quantitative estimate of drug-likeness (QED) is 0.0532. The molecule has 2 heterocycles. The number of likely N-dealkylation sites (N-methyl/N-ethyl adjacent to an activating group) is 4. The third kappa shape index (κ3) is 18.6. The molecule has 4 fully saturated rings. The molecule has 0 N–H and O–H groups in total. The lowest BCUT2D eigenvalue weighted by Gasteiger charge is -2.35. The third-order valence-electron chi connectivity index (χ3n) is 15.6. The highest BCUT2D eigenvalue weighted by Crippen LogP contribution is 2.36. The van der Waals surface area contributed by atoms with E-state index in [2.05, 4.69) is 21.9 Å². The van der Waals surface area contributed by atoms with Gasteiger partial charge in [-0.15, -0.1) is 0 Å². The van der Waals surface area contributed by atoms with Crippen LogP contribution in [-0.2, 0) is 74.8 Å². The van der Waals surface area contributed by atoms with Gasteiger partial charge in [-0.3, -0.25) is 19.2 Å². The Balaban J connectivity index is 1.16. The van der Waals surface area contributed by atoms with Gasteiger partial charge in [-0.05, 0) is 113 Å². The maximum absolute atomic E-state index is 15.0. The van der Waals surface area contributed by atoms with Crippen LogP contribution in [0.25, 0.3) is 0 Å². The van der Waals surface area contributed by atoms with Gasteiger partial charge >= 0.3 is 23.9 Å². The summed E-state index contributed by atoms with van der Waals surface area (Å²) in [5.74, 6) is -5.00. The lowest BCUT2D eigenvalue weighted by molar-refractivity contribution is -0.173. The summed E-state index contributed by atoms with van der Waals surface area (Å²) in [5.41, 5.74) is 3.71. The van der Waals surface area contributed by atoms with Gasteiger partial charge in [-0.2, -0.15) is 0 Å². The van der Waals surface area contributed by atoms with Gasteiger partial charge in [0.25, 0.3) is 17.7 Å². The molecule has 6 rings (SSSR count). The molecular weight excluding hydrogens is 1030 g/mol. The number of benzene rings is 2. The smallest absolute Gasteiger partial charge is 0.329 e. The lowest BCUT2D eigenvalue weighted by atomic mass is 10.0. The van der Waals surface area contributed by atoms with E-state index < -0.39 is 90.2 Å². The van der Waals surface area contributed by atoms with Crippen molar-refractivity contribution in [2.45, 2.75) is 161 Å². The first-order valence-corrected chi connectivity index (χ1v) is 28.9. The number of amides is 3. The van der Waals surface area contributed by atoms with E-state index >= 15 is 4.79 Å². The van der Waals surface area contributed by atoms with Gasteiger partial charge in [0.2, 0.25) is 0 Å². The summed E-state index contributed by atoms with van der Waals surface area (Å²) < 4.78 is 34.7. The number of morpholine rings is 2. The highest BCUT2D eigenvalue weighted by molar-refractivity contribution is 5.93. The van der Waals surface area contributed by atoms with Gasteiger partial charge in [0.15, 0.2) is 18.3 Å². The molecule has 20 heteroatoms. The Morgan fingerprint density at radius 3 is 1.26 bits per heavy atom. The molecule has 20 nitrogen and oxygen atoms in total. The van der Waals surface area contributed by atoms with Gasteiger partial charge in [0.1, 0.15) is 24.2 Å². The van der Waals surface area contributed by atoms with E-state index in [0.717, 1.165) is 55.7 Å². The average Bonchev–Trinajstić information content (AvgIpc) is 4.39. The van der Waals surface area contributed by atoms with Crippen LogP contribution in [0.3, 0.4) is 0 Å². The third-order valence-corrected chi connectivity index (χ3v) is 15.6. The van der Waals surface area contributed by atoms with Crippen molar-refractivity contribution >= 4 is 53.0 Å². The van der Waals surface area contributed by atoms with Gasteiger partial charge in [0.05, 0.1) is 32.5 Å². The van der Waals surface area contributed by atoms with Gasteiger partial charge < -0.3 is 63.2 Å². The summed E-state index contributed by atoms with van der Waals surface area (Å²) in [7, 11) is 5.58. The Hall–Kier alpha value is -5.83. The molecule has 0 radical (unpaired) electrons. The summed E-state index contributed by atoms with van der Waals surface area (Å²) in [4.78, 5) is 108. The van der Waals surface area contributed by atoms with E-state index in [0.29, 0.717) is 63.0 Å². The Kier molecular flexibility index (Phi) is 23.6. The van der Waals surface area contributed by atoms with E-state index in [9.17, 15) is 34.0 Å². The predicted octanol–water partition coefficient (Wildman–Crippen LogP) is 5.82. The highest BCUT2D eigenvalue weighted by atomic mass is 16.6. The molecule has 4 aliphatic rings. The fraction of sp³-hybridized carbons (Fsp3) is 0.683. The first-order chi connectivity index (χ1) is 38.0. The van der Waals surface area contributed by atoms with Crippen molar-refractivity contribution in [1.29, 1.82) is 0 Å². The minimum atomic E-state index is -1.50. The molecule has 3 amide bonds. The van der Waals surface area contributed by atoms with Crippen LogP contribution >= 0.6 is 0 Å². The SMILES string of the molecule is CC(C)C[C@@H](C(=O)O[C@H](C)C(=O)N(C)[C@@H](CC1CC1)C(=O)O[C@H](Cc1ccc(N2CCOCC2)cc1)C(=O)N(C)[C@@H](CC(C)C)C(=O)O[C@H](C)C(=O)N(C)[C@@H](CC1CC1)C(=O)O[C@@H](C)Cc1ccc(N2CCOCC2)cc1)N(C)[O-]. The number of esters is 4. The number of rotatable bonds is 29. The molecular formula is C60H89N6O14-. The van der Waals surface area contributed by atoms with E-state index in [4.69, 9.17) is 28.4 Å². The summed E-state index contributed by atoms with van der Waals surface area (Å²) >= 11 is 0. The minimum absolute atomic E-state index is 0.0103. The lowest BCUT2D eigenvalue weighted by Crippen LogP contribution is -2.53. The summed E-state index contributed by atoms with van der Waals surface area (Å²) in [6.07, 6.45) is 0.0842.